The molecule has 0 saturated heterocycles. The summed E-state index contributed by atoms with van der Waals surface area (Å²) in [6, 6.07) is 11.1. The molecule has 0 N–H and O–H groups in total. The highest BCUT2D eigenvalue weighted by Gasteiger charge is 2.21. The molecule has 0 amide bonds. The van der Waals surface area contributed by atoms with Crippen molar-refractivity contribution in [3.63, 3.8) is 0 Å². The van der Waals surface area contributed by atoms with Gasteiger partial charge >= 0.3 is 5.97 Å². The van der Waals surface area contributed by atoms with E-state index in [1.807, 2.05) is 42.7 Å². The number of nitrogens with zero attached hydrogens (tertiary/aromatic N) is 3. The Morgan fingerprint density at radius 3 is 2.70 bits per heavy atom. The van der Waals surface area contributed by atoms with Gasteiger partial charge in [0.15, 0.2) is 11.0 Å². The molecule has 7 nitrogen and oxygen atoms in total. The van der Waals surface area contributed by atoms with Crippen molar-refractivity contribution in [2.45, 2.75) is 30.8 Å². The lowest BCUT2D eigenvalue weighted by Crippen LogP contribution is -2.02. The van der Waals surface area contributed by atoms with Gasteiger partial charge in [0.1, 0.15) is 11.5 Å². The number of hydrogen-bond donors (Lipinski definition) is 0. The van der Waals surface area contributed by atoms with Crippen molar-refractivity contribution in [3.8, 4) is 17.1 Å². The van der Waals surface area contributed by atoms with Gasteiger partial charge < -0.3 is 18.5 Å². The molecule has 0 fully saturated rings. The summed E-state index contributed by atoms with van der Waals surface area (Å²) < 4.78 is 17.8. The summed E-state index contributed by atoms with van der Waals surface area (Å²) in [6.45, 7) is 4.74. The molecular weight excluding hydrogens is 366 g/mol. The Balaban J connectivity index is 1.87. The van der Waals surface area contributed by atoms with E-state index in [1.54, 1.807) is 19.2 Å². The standard InChI is InChI=1S/C19H21N3O4S/c1-5-22-17(13-8-6-7-9-15(13)24-3)20-21-19(22)27-12(2)14-10-11-16(26-14)18(23)25-4/h6-12H,5H2,1-4H3. The summed E-state index contributed by atoms with van der Waals surface area (Å²) in [6.07, 6.45) is 0. The van der Waals surface area contributed by atoms with Crippen LogP contribution < -0.4 is 4.74 Å². The summed E-state index contributed by atoms with van der Waals surface area (Å²) in [5, 5.41) is 9.43. The van der Waals surface area contributed by atoms with E-state index in [9.17, 15) is 4.79 Å². The molecule has 142 valence electrons. The van der Waals surface area contributed by atoms with E-state index in [4.69, 9.17) is 9.15 Å². The average Bonchev–Trinajstić information content (AvgIpc) is 3.34. The van der Waals surface area contributed by atoms with Crippen molar-refractivity contribution in [2.24, 2.45) is 0 Å². The molecule has 0 radical (unpaired) electrons. The quantitative estimate of drug-likeness (QED) is 0.444. The van der Waals surface area contributed by atoms with Gasteiger partial charge in [-0.1, -0.05) is 23.9 Å². The van der Waals surface area contributed by atoms with Crippen molar-refractivity contribution in [1.82, 2.24) is 14.8 Å². The van der Waals surface area contributed by atoms with Gasteiger partial charge in [-0.05, 0) is 38.1 Å². The summed E-state index contributed by atoms with van der Waals surface area (Å²) in [4.78, 5) is 11.6. The third kappa shape index (κ3) is 3.85. The maximum Gasteiger partial charge on any atom is 0.373 e. The topological polar surface area (TPSA) is 79.4 Å². The smallest absolute Gasteiger partial charge is 0.373 e. The molecule has 1 atom stereocenters. The SMILES string of the molecule is CCn1c(SC(C)c2ccc(C(=O)OC)o2)nnc1-c1ccccc1OC. The Labute approximate surface area is 161 Å². The van der Waals surface area contributed by atoms with Crippen LogP contribution in [0.15, 0.2) is 46.0 Å². The molecule has 8 heteroatoms. The summed E-state index contributed by atoms with van der Waals surface area (Å²) in [5.74, 6) is 1.86. The fraction of sp³-hybridized carbons (Fsp3) is 0.316. The number of aromatic nitrogens is 3. The number of carbonyl (C=O) groups excluding carboxylic acids is 1. The molecule has 0 spiro atoms. The van der Waals surface area contributed by atoms with Crippen molar-refractivity contribution >= 4 is 17.7 Å². The molecule has 1 aromatic carbocycles. The van der Waals surface area contributed by atoms with Gasteiger partial charge in [-0.15, -0.1) is 10.2 Å². The van der Waals surface area contributed by atoms with Gasteiger partial charge in [0.2, 0.25) is 5.76 Å². The van der Waals surface area contributed by atoms with E-state index in [2.05, 4.69) is 14.9 Å². The number of furan rings is 1. The fourth-order valence-electron chi connectivity index (χ4n) is 2.69. The highest BCUT2D eigenvalue weighted by atomic mass is 32.2. The van der Waals surface area contributed by atoms with Crippen LogP contribution in [0.2, 0.25) is 0 Å². The van der Waals surface area contributed by atoms with E-state index in [0.29, 0.717) is 12.3 Å². The summed E-state index contributed by atoms with van der Waals surface area (Å²) in [7, 11) is 2.96. The maximum absolute atomic E-state index is 11.6. The van der Waals surface area contributed by atoms with Gasteiger partial charge in [0.25, 0.3) is 0 Å². The Hall–Kier alpha value is -2.74. The number of carbonyl (C=O) groups is 1. The molecule has 3 rings (SSSR count). The minimum Gasteiger partial charge on any atom is -0.496 e. The van der Waals surface area contributed by atoms with Crippen molar-refractivity contribution in [1.29, 1.82) is 0 Å². The third-order valence-electron chi connectivity index (χ3n) is 4.08. The predicted octanol–water partition coefficient (Wildman–Crippen LogP) is 4.21. The zero-order valence-corrected chi connectivity index (χ0v) is 16.4. The second kappa shape index (κ2) is 8.30. The van der Waals surface area contributed by atoms with Crippen LogP contribution >= 0.6 is 11.8 Å². The van der Waals surface area contributed by atoms with Gasteiger partial charge in [-0.25, -0.2) is 4.79 Å². The molecule has 0 aliphatic heterocycles. The van der Waals surface area contributed by atoms with Crippen LogP contribution in [0.1, 0.15) is 35.4 Å². The van der Waals surface area contributed by atoms with E-state index in [-0.39, 0.29) is 11.0 Å². The molecule has 3 aromatic rings. The molecule has 0 bridgehead atoms. The van der Waals surface area contributed by atoms with Crippen LogP contribution in [0.5, 0.6) is 5.75 Å². The highest BCUT2D eigenvalue weighted by molar-refractivity contribution is 7.99. The Morgan fingerprint density at radius 1 is 1.22 bits per heavy atom. The van der Waals surface area contributed by atoms with Gasteiger partial charge in [0.05, 0.1) is 25.0 Å². The number of benzene rings is 1. The highest BCUT2D eigenvalue weighted by Crippen LogP contribution is 2.37. The minimum atomic E-state index is -0.492. The Kier molecular flexibility index (Phi) is 5.85. The lowest BCUT2D eigenvalue weighted by atomic mass is 10.2. The molecule has 0 aliphatic carbocycles. The molecule has 0 saturated carbocycles. The molecule has 2 aromatic heterocycles. The minimum absolute atomic E-state index is 0.0524. The van der Waals surface area contributed by atoms with Crippen LogP contribution in [0.25, 0.3) is 11.4 Å². The van der Waals surface area contributed by atoms with Crippen molar-refractivity contribution in [2.75, 3.05) is 14.2 Å². The number of ether oxygens (including phenoxy) is 2. The molecule has 1 unspecified atom stereocenters. The lowest BCUT2D eigenvalue weighted by Gasteiger charge is -2.12. The van der Waals surface area contributed by atoms with Gasteiger partial charge in [-0.3, -0.25) is 0 Å². The normalized spacial score (nSPS) is 12.0. The van der Waals surface area contributed by atoms with Crippen LogP contribution in [-0.2, 0) is 11.3 Å². The average molecular weight is 387 g/mol. The number of esters is 1. The first-order valence-corrected chi connectivity index (χ1v) is 9.38. The van der Waals surface area contributed by atoms with Crippen molar-refractivity contribution in [3.05, 3.63) is 47.9 Å². The number of rotatable bonds is 7. The van der Waals surface area contributed by atoms with Crippen LogP contribution in [0, 0.1) is 0 Å². The molecular formula is C19H21N3O4S. The van der Waals surface area contributed by atoms with Gasteiger partial charge in [0, 0.05) is 6.54 Å². The second-order valence-electron chi connectivity index (χ2n) is 5.70. The zero-order chi connectivity index (χ0) is 19.4. The number of hydrogen-bond acceptors (Lipinski definition) is 7. The van der Waals surface area contributed by atoms with Crippen LogP contribution in [0.4, 0.5) is 0 Å². The maximum atomic E-state index is 11.6. The third-order valence-corrected chi connectivity index (χ3v) is 5.18. The Bertz CT molecular complexity index is 935. The monoisotopic (exact) mass is 387 g/mol. The molecule has 27 heavy (non-hydrogen) atoms. The number of thioether (sulfide) groups is 1. The van der Waals surface area contributed by atoms with E-state index in [1.165, 1.54) is 18.9 Å². The van der Waals surface area contributed by atoms with E-state index >= 15 is 0 Å². The second-order valence-corrected chi connectivity index (χ2v) is 7.01. The first kappa shape index (κ1) is 19.0. The molecule has 2 heterocycles. The van der Waals surface area contributed by atoms with E-state index < -0.39 is 5.97 Å². The summed E-state index contributed by atoms with van der Waals surface area (Å²) >= 11 is 1.51. The first-order chi connectivity index (χ1) is 13.1. The van der Waals surface area contributed by atoms with Crippen molar-refractivity contribution < 1.29 is 18.7 Å². The lowest BCUT2D eigenvalue weighted by molar-refractivity contribution is 0.0563. The predicted molar refractivity (Wildman–Crippen MR) is 102 cm³/mol. The van der Waals surface area contributed by atoms with Crippen LogP contribution in [-0.4, -0.2) is 35.0 Å². The fourth-order valence-corrected chi connectivity index (χ4v) is 3.68. The first-order valence-electron chi connectivity index (χ1n) is 8.50. The molecule has 0 aliphatic rings. The zero-order valence-electron chi connectivity index (χ0n) is 15.6. The van der Waals surface area contributed by atoms with E-state index in [0.717, 1.165) is 22.3 Å². The number of para-hydroxylation sites is 1. The largest absolute Gasteiger partial charge is 0.496 e. The van der Waals surface area contributed by atoms with Gasteiger partial charge in [-0.2, -0.15) is 0 Å². The summed E-state index contributed by atoms with van der Waals surface area (Å²) in [5.41, 5.74) is 0.889. The van der Waals surface area contributed by atoms with Crippen LogP contribution in [0.3, 0.4) is 0 Å². The Morgan fingerprint density at radius 2 is 2.00 bits per heavy atom. The number of methoxy groups -OCH3 is 2.